The number of alkyl halides is 4. The van der Waals surface area contributed by atoms with Gasteiger partial charge < -0.3 is 40.5 Å². The van der Waals surface area contributed by atoms with Crippen LogP contribution in [0.1, 0.15) is 5.69 Å². The first-order chi connectivity index (χ1) is 31.6. The Morgan fingerprint density at radius 1 is 0.523 bits per heavy atom. The maximum absolute atomic E-state index is 13.0. The maximum Gasteiger partial charge on any atom is 0.323 e. The van der Waals surface area contributed by atoms with Gasteiger partial charge in [0.1, 0.15) is 11.5 Å². The number of aromatic nitrogens is 2. The van der Waals surface area contributed by atoms with Crippen LogP contribution in [0.15, 0.2) is 127 Å². The molecule has 0 spiro atoms. The number of nitrogens with one attached hydrogen (secondary N) is 4. The molecule has 4 amide bonds. The minimum absolute atomic E-state index is 0.304. The summed E-state index contributed by atoms with van der Waals surface area (Å²) in [6.07, 6.45) is 0. The zero-order chi connectivity index (χ0) is 46.1. The Morgan fingerprint density at radius 2 is 1.03 bits per heavy atom. The molecule has 7 aromatic rings. The summed E-state index contributed by atoms with van der Waals surface area (Å²) in [7, 11) is 3.22. The van der Waals surface area contributed by atoms with Gasteiger partial charge in [-0.2, -0.15) is 0 Å². The van der Waals surface area contributed by atoms with E-state index in [1.807, 2.05) is 134 Å². The topological polar surface area (TPSA) is 133 Å². The van der Waals surface area contributed by atoms with Gasteiger partial charge in [0.15, 0.2) is 0 Å². The highest BCUT2D eigenvalue weighted by Gasteiger charge is 2.14. The van der Waals surface area contributed by atoms with Crippen molar-refractivity contribution in [1.29, 1.82) is 0 Å². The molecule has 0 bridgehead atoms. The van der Waals surface area contributed by atoms with Gasteiger partial charge in [0.25, 0.3) is 0 Å². The molecule has 2 aromatic heterocycles. The fourth-order valence-corrected chi connectivity index (χ4v) is 7.82. The van der Waals surface area contributed by atoms with Gasteiger partial charge >= 0.3 is 12.1 Å². The molecular weight excluding hydrogens is 906 g/mol. The lowest BCUT2D eigenvalue weighted by atomic mass is 10.1. The van der Waals surface area contributed by atoms with E-state index in [0.29, 0.717) is 65.1 Å². The molecule has 12 nitrogen and oxygen atoms in total. The number of benzene rings is 5. The standard InChI is InChI=1S/C28H28Cl2N4O3.C21H22Cl2N4O/c1-36-22-5-3-4-19(16-22)26-18-27(24-17-23(37-2)10-11-25(24)32-26)33-28(35)31-20-6-8-21(9-7-20)34(14-12-29)15-13-30;1-15-14-20(18-4-2-3-5-19(18)24-15)26-21(28)25-16-6-8-17(9-7-16)27(12-10-22)13-11-23/h3-11,16-18H,12-15H2,1-2H3,(H2,31,32,33,35);2-9,14H,10-13H2,1H3,(H2,24,25,26,28). The molecule has 5 aromatic carbocycles. The highest BCUT2D eigenvalue weighted by atomic mass is 35.5. The number of hydrogen-bond acceptors (Lipinski definition) is 8. The Morgan fingerprint density at radius 3 is 1.57 bits per heavy atom. The van der Waals surface area contributed by atoms with E-state index in [1.165, 1.54) is 0 Å². The highest BCUT2D eigenvalue weighted by Crippen LogP contribution is 2.33. The molecule has 0 aliphatic rings. The van der Waals surface area contributed by atoms with Gasteiger partial charge in [0.2, 0.25) is 0 Å². The van der Waals surface area contributed by atoms with Crippen LogP contribution in [-0.4, -0.2) is 85.9 Å². The average Bonchev–Trinajstić information content (AvgIpc) is 3.32. The zero-order valence-electron chi connectivity index (χ0n) is 36.2. The van der Waals surface area contributed by atoms with E-state index in [1.54, 1.807) is 14.2 Å². The van der Waals surface area contributed by atoms with E-state index < -0.39 is 0 Å². The second-order valence-electron chi connectivity index (χ2n) is 14.5. The number of para-hydroxylation sites is 1. The van der Waals surface area contributed by atoms with Gasteiger partial charge in [-0.1, -0.05) is 30.3 Å². The normalized spacial score (nSPS) is 10.7. The monoisotopic (exact) mass is 954 g/mol. The molecule has 2 heterocycles. The first kappa shape index (κ1) is 48.3. The number of pyridine rings is 2. The van der Waals surface area contributed by atoms with Gasteiger partial charge in [0.05, 0.1) is 42.3 Å². The number of urea groups is 2. The summed E-state index contributed by atoms with van der Waals surface area (Å²) >= 11 is 23.5. The molecule has 0 saturated heterocycles. The van der Waals surface area contributed by atoms with Crippen LogP contribution in [0.5, 0.6) is 11.5 Å². The van der Waals surface area contributed by atoms with Crippen LogP contribution < -0.4 is 40.5 Å². The Labute approximate surface area is 399 Å². The predicted molar refractivity (Wildman–Crippen MR) is 272 cm³/mol. The number of rotatable bonds is 17. The van der Waals surface area contributed by atoms with Crippen LogP contribution in [0.3, 0.4) is 0 Å². The number of methoxy groups -OCH3 is 2. The second kappa shape index (κ2) is 24.2. The Bertz CT molecular complexity index is 2660. The molecule has 16 heteroatoms. The van der Waals surface area contributed by atoms with Crippen molar-refractivity contribution in [3.05, 3.63) is 133 Å². The van der Waals surface area contributed by atoms with E-state index in [4.69, 9.17) is 60.9 Å². The van der Waals surface area contributed by atoms with E-state index in [9.17, 15) is 9.59 Å². The largest absolute Gasteiger partial charge is 0.497 e. The summed E-state index contributed by atoms with van der Waals surface area (Å²) < 4.78 is 10.8. The fraction of sp³-hybridized carbons (Fsp3) is 0.224. The molecule has 0 unspecified atom stereocenters. The molecule has 65 heavy (non-hydrogen) atoms. The van der Waals surface area contributed by atoms with Crippen molar-refractivity contribution >= 4 is 114 Å². The number of anilines is 6. The second-order valence-corrected chi connectivity index (χ2v) is 16.0. The number of amides is 4. The third kappa shape index (κ3) is 13.4. The van der Waals surface area contributed by atoms with Crippen molar-refractivity contribution in [2.24, 2.45) is 0 Å². The van der Waals surface area contributed by atoms with Crippen molar-refractivity contribution < 1.29 is 19.1 Å². The number of ether oxygens (including phenoxy) is 2. The molecule has 338 valence electrons. The summed E-state index contributed by atoms with van der Waals surface area (Å²) in [5.41, 5.74) is 8.68. The minimum Gasteiger partial charge on any atom is -0.497 e. The minimum atomic E-state index is -0.377. The average molecular weight is 957 g/mol. The van der Waals surface area contributed by atoms with E-state index in [0.717, 1.165) is 69.0 Å². The lowest BCUT2D eigenvalue weighted by Crippen LogP contribution is -2.27. The van der Waals surface area contributed by atoms with Crippen LogP contribution in [0.2, 0.25) is 0 Å². The molecule has 7 rings (SSSR count). The van der Waals surface area contributed by atoms with Crippen LogP contribution in [-0.2, 0) is 0 Å². The van der Waals surface area contributed by atoms with Gasteiger partial charge in [-0.15, -0.1) is 46.4 Å². The first-order valence-electron chi connectivity index (χ1n) is 20.7. The van der Waals surface area contributed by atoms with Gasteiger partial charge in [-0.25, -0.2) is 14.6 Å². The number of carbonyl (C=O) groups is 2. The van der Waals surface area contributed by atoms with E-state index in [2.05, 4.69) is 36.1 Å². The molecule has 0 radical (unpaired) electrons. The predicted octanol–water partition coefficient (Wildman–Crippen LogP) is 12.3. The number of carbonyl (C=O) groups excluding carboxylic acids is 2. The van der Waals surface area contributed by atoms with Crippen LogP contribution in [0.25, 0.3) is 33.1 Å². The molecule has 0 aliphatic heterocycles. The third-order valence-corrected chi connectivity index (χ3v) is 10.8. The smallest absolute Gasteiger partial charge is 0.323 e. The molecule has 0 fully saturated rings. The number of fused-ring (bicyclic) bond motifs is 2. The summed E-state index contributed by atoms with van der Waals surface area (Å²) in [6.45, 7) is 4.72. The fourth-order valence-electron chi connectivity index (χ4n) is 7.01. The molecule has 0 saturated carbocycles. The Kier molecular flexibility index (Phi) is 18.0. The Balaban J connectivity index is 0.000000224. The summed E-state index contributed by atoms with van der Waals surface area (Å²) in [5.74, 6) is 3.45. The van der Waals surface area contributed by atoms with E-state index >= 15 is 0 Å². The first-order valence-corrected chi connectivity index (χ1v) is 22.9. The van der Waals surface area contributed by atoms with Gasteiger partial charge in [-0.05, 0) is 104 Å². The lowest BCUT2D eigenvalue weighted by Gasteiger charge is -2.23. The summed E-state index contributed by atoms with van der Waals surface area (Å²) in [5, 5.41) is 13.3. The number of aryl methyl sites for hydroxylation is 1. The third-order valence-electron chi connectivity index (χ3n) is 10.1. The van der Waals surface area contributed by atoms with E-state index in [-0.39, 0.29) is 12.1 Å². The quantitative estimate of drug-likeness (QED) is 0.0664. The van der Waals surface area contributed by atoms with Crippen molar-refractivity contribution in [2.45, 2.75) is 6.92 Å². The van der Waals surface area contributed by atoms with Crippen molar-refractivity contribution in [3.8, 4) is 22.8 Å². The summed E-state index contributed by atoms with van der Waals surface area (Å²) in [6, 6.07) is 39.1. The maximum atomic E-state index is 13.0. The van der Waals surface area contributed by atoms with Gasteiger partial charge in [-0.3, -0.25) is 4.98 Å². The summed E-state index contributed by atoms with van der Waals surface area (Å²) in [4.78, 5) is 39.0. The number of halogens is 4. The SMILES string of the molecule is COc1cccc(-c2cc(NC(=O)Nc3ccc(N(CCCl)CCCl)cc3)c3cc(OC)ccc3n2)c1.Cc1cc(NC(=O)Nc2ccc(N(CCCl)CCCl)cc2)c2ccccc2n1. The van der Waals surface area contributed by atoms with Crippen molar-refractivity contribution in [3.63, 3.8) is 0 Å². The molecular formula is C49H50Cl4N8O4. The molecule has 0 aliphatic carbocycles. The number of hydrogen-bond donors (Lipinski definition) is 4. The zero-order valence-corrected chi connectivity index (χ0v) is 39.2. The van der Waals surface area contributed by atoms with Crippen LogP contribution >= 0.6 is 46.4 Å². The van der Waals surface area contributed by atoms with Crippen LogP contribution in [0.4, 0.5) is 43.7 Å². The Hall–Kier alpha value is -6.18. The molecule has 0 atom stereocenters. The van der Waals surface area contributed by atoms with Gasteiger partial charge in [0, 0.05) is 94.5 Å². The van der Waals surface area contributed by atoms with Crippen LogP contribution in [0, 0.1) is 6.92 Å². The number of nitrogens with zero attached hydrogens (tertiary/aromatic N) is 4. The highest BCUT2D eigenvalue weighted by molar-refractivity contribution is 6.19. The van der Waals surface area contributed by atoms with Crippen molar-refractivity contribution in [1.82, 2.24) is 9.97 Å². The lowest BCUT2D eigenvalue weighted by molar-refractivity contribution is 0.261. The van der Waals surface area contributed by atoms with Crippen molar-refractivity contribution in [2.75, 3.05) is 95.0 Å². The molecule has 4 N–H and O–H groups in total.